The van der Waals surface area contributed by atoms with Crippen LogP contribution in [0.3, 0.4) is 0 Å². The molecule has 1 amide bonds. The molecule has 2 N–H and O–H groups in total. The lowest BCUT2D eigenvalue weighted by Crippen LogP contribution is -2.54. The van der Waals surface area contributed by atoms with Crippen LogP contribution in [0.2, 0.25) is 4.34 Å². The van der Waals surface area contributed by atoms with Crippen LogP contribution in [-0.2, 0) is 11.3 Å². The molecule has 0 aromatic carbocycles. The summed E-state index contributed by atoms with van der Waals surface area (Å²) in [6, 6.07) is 3.63. The van der Waals surface area contributed by atoms with Crippen molar-refractivity contribution >= 4 is 28.8 Å². The second-order valence-corrected chi connectivity index (χ2v) is 7.38. The molecule has 1 fully saturated rings. The summed E-state index contributed by atoms with van der Waals surface area (Å²) in [6.07, 6.45) is 0. The van der Waals surface area contributed by atoms with Gasteiger partial charge in [0.25, 0.3) is 0 Å². The normalized spacial score (nSPS) is 18.6. The summed E-state index contributed by atoms with van der Waals surface area (Å²) in [5, 5.41) is 0. The van der Waals surface area contributed by atoms with E-state index >= 15 is 0 Å². The fourth-order valence-corrected chi connectivity index (χ4v) is 3.41. The van der Waals surface area contributed by atoms with Gasteiger partial charge < -0.3 is 10.6 Å². The Hall–Kier alpha value is -0.620. The molecule has 1 unspecified atom stereocenters. The summed E-state index contributed by atoms with van der Waals surface area (Å²) >= 11 is 7.56. The molecule has 0 radical (unpaired) electrons. The fourth-order valence-electron chi connectivity index (χ4n) is 2.28. The summed E-state index contributed by atoms with van der Waals surface area (Å²) in [4.78, 5) is 17.7. The van der Waals surface area contributed by atoms with Crippen molar-refractivity contribution in [2.24, 2.45) is 11.7 Å². The van der Waals surface area contributed by atoms with Crippen LogP contribution in [0.5, 0.6) is 0 Å². The van der Waals surface area contributed by atoms with Crippen LogP contribution in [0.4, 0.5) is 0 Å². The van der Waals surface area contributed by atoms with Crippen molar-refractivity contribution < 1.29 is 4.79 Å². The third kappa shape index (κ3) is 3.95. The highest BCUT2D eigenvalue weighted by molar-refractivity contribution is 7.16. The van der Waals surface area contributed by atoms with Gasteiger partial charge in [-0.05, 0) is 18.1 Å². The van der Waals surface area contributed by atoms with E-state index in [0.29, 0.717) is 0 Å². The first-order valence-corrected chi connectivity index (χ1v) is 8.17. The molecule has 2 rings (SSSR count). The second-order valence-electron chi connectivity index (χ2n) is 5.58. The third-order valence-corrected chi connectivity index (χ3v) is 4.91. The number of carbonyl (C=O) groups excluding carboxylic acids is 1. The van der Waals surface area contributed by atoms with E-state index in [4.69, 9.17) is 17.3 Å². The molecule has 1 aromatic heterocycles. The van der Waals surface area contributed by atoms with Gasteiger partial charge in [-0.15, -0.1) is 11.3 Å². The highest BCUT2D eigenvalue weighted by Crippen LogP contribution is 2.23. The molecule has 0 spiro atoms. The van der Waals surface area contributed by atoms with E-state index in [1.807, 2.05) is 24.8 Å². The van der Waals surface area contributed by atoms with Gasteiger partial charge in [-0.25, -0.2) is 0 Å². The van der Waals surface area contributed by atoms with Crippen LogP contribution in [0.15, 0.2) is 12.1 Å². The lowest BCUT2D eigenvalue weighted by molar-refractivity contribution is -0.135. The van der Waals surface area contributed by atoms with E-state index in [1.165, 1.54) is 4.88 Å². The van der Waals surface area contributed by atoms with Gasteiger partial charge in [0, 0.05) is 37.6 Å². The van der Waals surface area contributed by atoms with Gasteiger partial charge in [0.2, 0.25) is 5.91 Å². The van der Waals surface area contributed by atoms with E-state index in [0.717, 1.165) is 37.1 Å². The van der Waals surface area contributed by atoms with Crippen LogP contribution in [-0.4, -0.2) is 47.9 Å². The highest BCUT2D eigenvalue weighted by Gasteiger charge is 2.26. The minimum absolute atomic E-state index is 0.0822. The number of carbonyl (C=O) groups is 1. The average Bonchev–Trinajstić information content (AvgIpc) is 2.83. The Labute approximate surface area is 129 Å². The largest absolute Gasteiger partial charge is 0.339 e. The molecule has 1 saturated heterocycles. The maximum absolute atomic E-state index is 12.2. The van der Waals surface area contributed by atoms with Gasteiger partial charge in [0.15, 0.2) is 0 Å². The fraction of sp³-hybridized carbons (Fsp3) is 0.643. The van der Waals surface area contributed by atoms with Gasteiger partial charge in [-0.1, -0.05) is 25.4 Å². The zero-order chi connectivity index (χ0) is 14.7. The first-order valence-electron chi connectivity index (χ1n) is 6.98. The minimum Gasteiger partial charge on any atom is -0.339 e. The van der Waals surface area contributed by atoms with Crippen LogP contribution in [0.1, 0.15) is 18.7 Å². The summed E-state index contributed by atoms with van der Waals surface area (Å²) < 4.78 is 0.830. The van der Waals surface area contributed by atoms with Crippen LogP contribution >= 0.6 is 22.9 Å². The Morgan fingerprint density at radius 3 is 2.50 bits per heavy atom. The van der Waals surface area contributed by atoms with Crippen molar-refractivity contribution in [1.29, 1.82) is 0 Å². The second kappa shape index (κ2) is 6.89. The summed E-state index contributed by atoms with van der Waals surface area (Å²) in [6.45, 7) is 8.20. The summed E-state index contributed by atoms with van der Waals surface area (Å²) in [7, 11) is 0. The molecule has 1 aromatic rings. The summed E-state index contributed by atoms with van der Waals surface area (Å²) in [5.74, 6) is 0.271. The van der Waals surface area contributed by atoms with Crippen LogP contribution in [0.25, 0.3) is 0 Å². The number of amides is 1. The molecule has 1 atom stereocenters. The standard InChI is InChI=1S/C14H22ClN3OS/c1-10(2)13(16)14(19)18-7-5-17(6-8-18)9-11-3-4-12(15)20-11/h3-4,10,13H,5-9,16H2,1-2H3. The molecule has 1 aliphatic heterocycles. The number of hydrogen-bond acceptors (Lipinski definition) is 4. The molecule has 112 valence electrons. The van der Waals surface area contributed by atoms with Gasteiger partial charge in [-0.2, -0.15) is 0 Å². The highest BCUT2D eigenvalue weighted by atomic mass is 35.5. The molecule has 20 heavy (non-hydrogen) atoms. The van der Waals surface area contributed by atoms with E-state index in [2.05, 4.69) is 11.0 Å². The molecule has 4 nitrogen and oxygen atoms in total. The van der Waals surface area contributed by atoms with Crippen LogP contribution < -0.4 is 5.73 Å². The Morgan fingerprint density at radius 1 is 1.35 bits per heavy atom. The van der Waals surface area contributed by atoms with E-state index in [-0.39, 0.29) is 17.9 Å². The molecule has 6 heteroatoms. The SMILES string of the molecule is CC(C)C(N)C(=O)N1CCN(Cc2ccc(Cl)s2)CC1. The smallest absolute Gasteiger partial charge is 0.239 e. The Balaban J connectivity index is 1.82. The molecular weight excluding hydrogens is 294 g/mol. The monoisotopic (exact) mass is 315 g/mol. The number of nitrogens with two attached hydrogens (primary N) is 1. The molecular formula is C14H22ClN3OS. The quantitative estimate of drug-likeness (QED) is 0.925. The van der Waals surface area contributed by atoms with Crippen LogP contribution in [0, 0.1) is 5.92 Å². The number of piperazine rings is 1. The van der Waals surface area contributed by atoms with Crippen molar-refractivity contribution in [3.8, 4) is 0 Å². The Morgan fingerprint density at radius 2 is 2.00 bits per heavy atom. The zero-order valence-electron chi connectivity index (χ0n) is 12.0. The minimum atomic E-state index is -0.377. The first kappa shape index (κ1) is 15.8. The molecule has 2 heterocycles. The van der Waals surface area contributed by atoms with E-state index < -0.39 is 0 Å². The van der Waals surface area contributed by atoms with Gasteiger partial charge in [0.1, 0.15) is 0 Å². The molecule has 0 saturated carbocycles. The van der Waals surface area contributed by atoms with Crippen molar-refractivity contribution in [2.75, 3.05) is 26.2 Å². The van der Waals surface area contributed by atoms with E-state index in [1.54, 1.807) is 11.3 Å². The predicted octanol–water partition coefficient (Wildman–Crippen LogP) is 2.03. The third-order valence-electron chi connectivity index (χ3n) is 3.70. The maximum atomic E-state index is 12.2. The average molecular weight is 316 g/mol. The Bertz CT molecular complexity index is 455. The van der Waals surface area contributed by atoms with E-state index in [9.17, 15) is 4.79 Å². The summed E-state index contributed by atoms with van der Waals surface area (Å²) in [5.41, 5.74) is 5.93. The number of rotatable bonds is 4. The number of thiophene rings is 1. The first-order chi connectivity index (χ1) is 9.47. The maximum Gasteiger partial charge on any atom is 0.239 e. The van der Waals surface area contributed by atoms with Crippen molar-refractivity contribution in [3.63, 3.8) is 0 Å². The Kier molecular flexibility index (Phi) is 5.43. The topological polar surface area (TPSA) is 49.6 Å². The number of nitrogens with zero attached hydrogens (tertiary/aromatic N) is 2. The lowest BCUT2D eigenvalue weighted by atomic mass is 10.0. The van der Waals surface area contributed by atoms with Gasteiger partial charge in [-0.3, -0.25) is 9.69 Å². The molecule has 0 aliphatic carbocycles. The van der Waals surface area contributed by atoms with Crippen molar-refractivity contribution in [2.45, 2.75) is 26.4 Å². The molecule has 0 bridgehead atoms. The number of halogens is 1. The van der Waals surface area contributed by atoms with Gasteiger partial charge >= 0.3 is 0 Å². The number of hydrogen-bond donors (Lipinski definition) is 1. The predicted molar refractivity (Wildman–Crippen MR) is 84.0 cm³/mol. The lowest BCUT2D eigenvalue weighted by Gasteiger charge is -2.36. The molecule has 1 aliphatic rings. The van der Waals surface area contributed by atoms with Crippen molar-refractivity contribution in [1.82, 2.24) is 9.80 Å². The zero-order valence-corrected chi connectivity index (χ0v) is 13.6. The van der Waals surface area contributed by atoms with Gasteiger partial charge in [0.05, 0.1) is 10.4 Å². The van der Waals surface area contributed by atoms with Crippen molar-refractivity contribution in [3.05, 3.63) is 21.3 Å².